The molecule has 0 aliphatic heterocycles. The number of esters is 1. The molecule has 0 bridgehead atoms. The van der Waals surface area contributed by atoms with Crippen LogP contribution in [-0.4, -0.2) is 23.3 Å². The van der Waals surface area contributed by atoms with Crippen LogP contribution < -0.4 is 0 Å². The van der Waals surface area contributed by atoms with Crippen LogP contribution in [0.3, 0.4) is 0 Å². The average molecular weight is 248 g/mol. The summed E-state index contributed by atoms with van der Waals surface area (Å²) in [5.41, 5.74) is 0. The van der Waals surface area contributed by atoms with Gasteiger partial charge in [-0.1, -0.05) is 6.92 Å². The van der Waals surface area contributed by atoms with E-state index in [-0.39, 0.29) is 11.9 Å². The maximum absolute atomic E-state index is 11.0. The SMILES string of the molecule is COC(=O)C(C)CC(Cl)(Cl)CCCl. The van der Waals surface area contributed by atoms with Crippen molar-refractivity contribution in [3.63, 3.8) is 0 Å². The third-order valence-electron chi connectivity index (χ3n) is 1.67. The summed E-state index contributed by atoms with van der Waals surface area (Å²) in [7, 11) is 1.34. The molecule has 5 heteroatoms. The number of methoxy groups -OCH3 is 1. The van der Waals surface area contributed by atoms with Gasteiger partial charge in [0.05, 0.1) is 13.0 Å². The van der Waals surface area contributed by atoms with Gasteiger partial charge in [-0.25, -0.2) is 0 Å². The molecule has 1 unspecified atom stereocenters. The fourth-order valence-electron chi connectivity index (χ4n) is 0.973. The molecule has 78 valence electrons. The highest BCUT2D eigenvalue weighted by Gasteiger charge is 2.29. The van der Waals surface area contributed by atoms with Gasteiger partial charge in [0.2, 0.25) is 0 Å². The minimum atomic E-state index is -0.935. The molecule has 0 heterocycles. The molecule has 0 rings (SSSR count). The Bertz CT molecular complexity index is 171. The largest absolute Gasteiger partial charge is 0.469 e. The van der Waals surface area contributed by atoms with Crippen LogP contribution in [-0.2, 0) is 9.53 Å². The van der Waals surface area contributed by atoms with Crippen LogP contribution in [0, 0.1) is 5.92 Å². The summed E-state index contributed by atoms with van der Waals surface area (Å²) < 4.78 is 3.61. The van der Waals surface area contributed by atoms with Crippen molar-refractivity contribution in [1.82, 2.24) is 0 Å². The molecule has 0 aliphatic rings. The molecule has 13 heavy (non-hydrogen) atoms. The first-order chi connectivity index (χ1) is 5.93. The smallest absolute Gasteiger partial charge is 0.308 e. The van der Waals surface area contributed by atoms with Gasteiger partial charge in [-0.3, -0.25) is 4.79 Å². The van der Waals surface area contributed by atoms with Gasteiger partial charge >= 0.3 is 5.97 Å². The number of carbonyl (C=O) groups is 1. The van der Waals surface area contributed by atoms with Crippen molar-refractivity contribution in [2.75, 3.05) is 13.0 Å². The van der Waals surface area contributed by atoms with Crippen LogP contribution in [0.4, 0.5) is 0 Å². The van der Waals surface area contributed by atoms with E-state index in [2.05, 4.69) is 4.74 Å². The second kappa shape index (κ2) is 5.94. The van der Waals surface area contributed by atoms with Gasteiger partial charge in [0.1, 0.15) is 4.33 Å². The number of hydrogen-bond acceptors (Lipinski definition) is 2. The summed E-state index contributed by atoms with van der Waals surface area (Å²) in [4.78, 5) is 11.0. The van der Waals surface area contributed by atoms with Gasteiger partial charge in [0, 0.05) is 5.88 Å². The van der Waals surface area contributed by atoms with Crippen LogP contribution in [0.25, 0.3) is 0 Å². The lowest BCUT2D eigenvalue weighted by molar-refractivity contribution is -0.145. The topological polar surface area (TPSA) is 26.3 Å². The maximum Gasteiger partial charge on any atom is 0.308 e. The second-order valence-corrected chi connectivity index (χ2v) is 4.94. The zero-order valence-corrected chi connectivity index (χ0v) is 9.92. The summed E-state index contributed by atoms with van der Waals surface area (Å²) in [6.07, 6.45) is 0.814. The predicted octanol–water partition coefficient (Wildman–Crippen LogP) is 2.99. The highest BCUT2D eigenvalue weighted by molar-refractivity contribution is 6.48. The summed E-state index contributed by atoms with van der Waals surface area (Å²) in [5.74, 6) is -0.232. The molecule has 0 N–H and O–H groups in total. The highest BCUT2D eigenvalue weighted by atomic mass is 35.5. The molecule has 0 radical (unpaired) electrons. The molecular weight excluding hydrogens is 234 g/mol. The zero-order chi connectivity index (χ0) is 10.5. The van der Waals surface area contributed by atoms with Crippen molar-refractivity contribution in [3.05, 3.63) is 0 Å². The third-order valence-corrected chi connectivity index (χ3v) is 2.54. The molecule has 0 aromatic carbocycles. The standard InChI is InChI=1S/C8H13Cl3O2/c1-6(7(12)13-2)5-8(10,11)3-4-9/h6H,3-5H2,1-2H3. The Labute approximate surface area is 93.5 Å². The minimum Gasteiger partial charge on any atom is -0.469 e. The van der Waals surface area contributed by atoms with Crippen molar-refractivity contribution in [3.8, 4) is 0 Å². The fourth-order valence-corrected chi connectivity index (χ4v) is 2.14. The van der Waals surface area contributed by atoms with Gasteiger partial charge in [-0.15, -0.1) is 34.8 Å². The summed E-state index contributed by atoms with van der Waals surface area (Å²) in [6, 6.07) is 0. The van der Waals surface area contributed by atoms with Gasteiger partial charge in [-0.05, 0) is 12.8 Å². The molecule has 0 saturated carbocycles. The number of ether oxygens (including phenoxy) is 1. The zero-order valence-electron chi connectivity index (χ0n) is 7.65. The van der Waals surface area contributed by atoms with Crippen LogP contribution in [0.15, 0.2) is 0 Å². The lowest BCUT2D eigenvalue weighted by Gasteiger charge is -2.20. The minimum absolute atomic E-state index is 0.303. The molecule has 0 spiro atoms. The van der Waals surface area contributed by atoms with Crippen molar-refractivity contribution in [2.24, 2.45) is 5.92 Å². The fraction of sp³-hybridized carbons (Fsp3) is 0.875. The molecule has 0 amide bonds. The quantitative estimate of drug-likeness (QED) is 0.551. The van der Waals surface area contributed by atoms with Crippen LogP contribution >= 0.6 is 34.8 Å². The Morgan fingerprint density at radius 1 is 1.54 bits per heavy atom. The molecule has 2 nitrogen and oxygen atoms in total. The summed E-state index contributed by atoms with van der Waals surface area (Å²) in [5, 5.41) is 0. The maximum atomic E-state index is 11.0. The first-order valence-corrected chi connectivity index (χ1v) is 5.23. The van der Waals surface area contributed by atoms with Gasteiger partial charge in [0.15, 0.2) is 0 Å². The van der Waals surface area contributed by atoms with Crippen molar-refractivity contribution in [1.29, 1.82) is 0 Å². The van der Waals surface area contributed by atoms with Gasteiger partial charge in [-0.2, -0.15) is 0 Å². The number of rotatable bonds is 5. The van der Waals surface area contributed by atoms with E-state index in [9.17, 15) is 4.79 Å². The van der Waals surface area contributed by atoms with Crippen LogP contribution in [0.1, 0.15) is 19.8 Å². The summed E-state index contributed by atoms with van der Waals surface area (Å²) in [6.45, 7) is 1.72. The van der Waals surface area contributed by atoms with Gasteiger partial charge in [0.25, 0.3) is 0 Å². The Hall–Kier alpha value is 0.340. The molecule has 1 atom stereocenters. The number of alkyl halides is 3. The van der Waals surface area contributed by atoms with E-state index in [0.717, 1.165) is 0 Å². The first-order valence-electron chi connectivity index (χ1n) is 3.94. The highest BCUT2D eigenvalue weighted by Crippen LogP contribution is 2.33. The van der Waals surface area contributed by atoms with E-state index >= 15 is 0 Å². The van der Waals surface area contributed by atoms with Crippen LogP contribution in [0.2, 0.25) is 0 Å². The van der Waals surface area contributed by atoms with E-state index in [1.807, 2.05) is 0 Å². The van der Waals surface area contributed by atoms with Crippen molar-refractivity contribution in [2.45, 2.75) is 24.1 Å². The van der Waals surface area contributed by atoms with Crippen molar-refractivity contribution >= 4 is 40.8 Å². The Balaban J connectivity index is 4.02. The number of hydrogen-bond donors (Lipinski definition) is 0. The monoisotopic (exact) mass is 246 g/mol. The van der Waals surface area contributed by atoms with E-state index in [1.165, 1.54) is 7.11 Å². The Morgan fingerprint density at radius 3 is 2.46 bits per heavy atom. The third kappa shape index (κ3) is 5.61. The van der Waals surface area contributed by atoms with E-state index in [1.54, 1.807) is 6.92 Å². The molecule has 0 aromatic rings. The lowest BCUT2D eigenvalue weighted by atomic mass is 10.0. The average Bonchev–Trinajstić information content (AvgIpc) is 2.01. The predicted molar refractivity (Wildman–Crippen MR) is 55.6 cm³/mol. The lowest BCUT2D eigenvalue weighted by Crippen LogP contribution is -2.23. The Morgan fingerprint density at radius 2 is 2.08 bits per heavy atom. The van der Waals surface area contributed by atoms with Gasteiger partial charge < -0.3 is 4.74 Å². The first kappa shape index (κ1) is 13.3. The molecule has 0 aromatic heterocycles. The molecule has 0 aliphatic carbocycles. The van der Waals surface area contributed by atoms with Crippen molar-refractivity contribution < 1.29 is 9.53 Å². The number of carbonyl (C=O) groups excluding carboxylic acids is 1. The number of halogens is 3. The summed E-state index contributed by atoms with van der Waals surface area (Å²) >= 11 is 17.3. The Kier molecular flexibility index (Phi) is 6.10. The van der Waals surface area contributed by atoms with E-state index < -0.39 is 4.33 Å². The van der Waals surface area contributed by atoms with Crippen LogP contribution in [0.5, 0.6) is 0 Å². The van der Waals surface area contributed by atoms with E-state index in [4.69, 9.17) is 34.8 Å². The normalized spacial score (nSPS) is 13.9. The molecule has 0 saturated heterocycles. The molecular formula is C8H13Cl3O2. The molecule has 0 fully saturated rings. The second-order valence-electron chi connectivity index (χ2n) is 2.92. The van der Waals surface area contributed by atoms with E-state index in [0.29, 0.717) is 18.7 Å².